The van der Waals surface area contributed by atoms with E-state index in [-0.39, 0.29) is 5.78 Å². The molecule has 112 valence electrons. The van der Waals surface area contributed by atoms with Crippen LogP contribution in [0.1, 0.15) is 50.9 Å². The maximum Gasteiger partial charge on any atom is 0.176 e. The van der Waals surface area contributed by atoms with Gasteiger partial charge in [-0.05, 0) is 30.9 Å². The van der Waals surface area contributed by atoms with Gasteiger partial charge in [-0.3, -0.25) is 9.69 Å². The van der Waals surface area contributed by atoms with Crippen LogP contribution in [-0.4, -0.2) is 29.8 Å². The zero-order valence-corrected chi connectivity index (χ0v) is 14.6. The van der Waals surface area contributed by atoms with E-state index in [4.69, 9.17) is 0 Å². The summed E-state index contributed by atoms with van der Waals surface area (Å²) in [5.74, 6) is 0.790. The predicted octanol–water partition coefficient (Wildman–Crippen LogP) is 4.78. The Balaban J connectivity index is 2.77. The molecule has 0 saturated heterocycles. The average molecular weight is 340 g/mol. The third kappa shape index (κ3) is 5.37. The van der Waals surface area contributed by atoms with Crippen molar-refractivity contribution in [3.63, 3.8) is 0 Å². The van der Waals surface area contributed by atoms with E-state index < -0.39 is 0 Å². The Hall–Kier alpha value is -0.670. The second-order valence-corrected chi connectivity index (χ2v) is 6.64. The van der Waals surface area contributed by atoms with E-state index in [9.17, 15) is 4.79 Å². The van der Waals surface area contributed by atoms with Crippen molar-refractivity contribution in [1.82, 2.24) is 4.90 Å². The molecule has 0 spiro atoms. The van der Waals surface area contributed by atoms with Crippen LogP contribution in [0.2, 0.25) is 0 Å². The highest BCUT2D eigenvalue weighted by atomic mass is 79.9. The molecule has 0 N–H and O–H groups in total. The molecule has 0 aliphatic carbocycles. The molecule has 20 heavy (non-hydrogen) atoms. The average Bonchev–Trinajstić information content (AvgIpc) is 2.40. The Morgan fingerprint density at radius 2 is 1.70 bits per heavy atom. The summed E-state index contributed by atoms with van der Waals surface area (Å²) in [6.45, 7) is 10.3. The molecule has 0 heterocycles. The van der Waals surface area contributed by atoms with E-state index in [1.807, 2.05) is 24.3 Å². The highest BCUT2D eigenvalue weighted by Crippen LogP contribution is 2.15. The molecule has 2 nitrogen and oxygen atoms in total. The van der Waals surface area contributed by atoms with E-state index in [1.54, 1.807) is 0 Å². The fraction of sp³-hybridized carbons (Fsp3) is 0.588. The summed E-state index contributed by atoms with van der Waals surface area (Å²) in [4.78, 5) is 14.8. The second-order valence-electron chi connectivity index (χ2n) is 5.72. The molecule has 0 amide bonds. The minimum atomic E-state index is 0.213. The Labute approximate surface area is 131 Å². The molecule has 0 atom stereocenters. The Morgan fingerprint density at radius 1 is 1.15 bits per heavy atom. The third-order valence-corrected chi connectivity index (χ3v) is 4.10. The van der Waals surface area contributed by atoms with Gasteiger partial charge < -0.3 is 0 Å². The zero-order valence-electron chi connectivity index (χ0n) is 13.0. The molecule has 0 saturated carbocycles. The van der Waals surface area contributed by atoms with E-state index in [0.29, 0.717) is 18.5 Å². The van der Waals surface area contributed by atoms with Crippen LogP contribution < -0.4 is 0 Å². The van der Waals surface area contributed by atoms with Gasteiger partial charge in [0.15, 0.2) is 5.78 Å². The lowest BCUT2D eigenvalue weighted by molar-refractivity contribution is 0.0866. The fourth-order valence-corrected chi connectivity index (χ4v) is 2.79. The number of benzene rings is 1. The third-order valence-electron chi connectivity index (χ3n) is 3.57. The van der Waals surface area contributed by atoms with Crippen molar-refractivity contribution in [2.24, 2.45) is 5.92 Å². The molecule has 0 unspecified atom stereocenters. The first-order chi connectivity index (χ1) is 9.47. The largest absolute Gasteiger partial charge is 0.293 e. The SMILES string of the molecule is CCC(CC)N(CC(=O)c1ccc(Br)cc1)CC(C)C. The Kier molecular flexibility index (Phi) is 7.46. The normalized spacial score (nSPS) is 11.6. The van der Waals surface area contributed by atoms with E-state index >= 15 is 0 Å². The van der Waals surface area contributed by atoms with Gasteiger partial charge >= 0.3 is 0 Å². The zero-order chi connectivity index (χ0) is 15.1. The van der Waals surface area contributed by atoms with Crippen molar-refractivity contribution in [2.45, 2.75) is 46.6 Å². The monoisotopic (exact) mass is 339 g/mol. The molecule has 0 bridgehead atoms. The standard InChI is InChI=1S/C17H26BrNO/c1-5-16(6-2)19(11-13(3)4)12-17(20)14-7-9-15(18)10-8-14/h7-10,13,16H,5-6,11-12H2,1-4H3. The summed E-state index contributed by atoms with van der Waals surface area (Å²) >= 11 is 3.40. The molecule has 0 fully saturated rings. The van der Waals surface area contributed by atoms with E-state index in [2.05, 4.69) is 48.5 Å². The number of ketones is 1. The number of nitrogens with zero attached hydrogens (tertiary/aromatic N) is 1. The number of Topliss-reactive ketones (excluding diaryl/α,β-unsaturated/α-hetero) is 1. The molecular formula is C17H26BrNO. The molecule has 1 aromatic carbocycles. The van der Waals surface area contributed by atoms with E-state index in [1.165, 1.54) is 0 Å². The van der Waals surface area contributed by atoms with Gasteiger partial charge in [-0.15, -0.1) is 0 Å². The van der Waals surface area contributed by atoms with Crippen LogP contribution in [-0.2, 0) is 0 Å². The Morgan fingerprint density at radius 3 is 2.15 bits per heavy atom. The first kappa shape index (κ1) is 17.4. The minimum absolute atomic E-state index is 0.213. The van der Waals surface area contributed by atoms with Crippen molar-refractivity contribution in [3.05, 3.63) is 34.3 Å². The molecule has 0 aromatic heterocycles. The van der Waals surface area contributed by atoms with Crippen molar-refractivity contribution in [3.8, 4) is 0 Å². The number of halogens is 1. The van der Waals surface area contributed by atoms with Gasteiger partial charge in [-0.1, -0.05) is 55.8 Å². The van der Waals surface area contributed by atoms with Gasteiger partial charge in [0.1, 0.15) is 0 Å². The lowest BCUT2D eigenvalue weighted by atomic mass is 10.0. The maximum absolute atomic E-state index is 12.4. The highest BCUT2D eigenvalue weighted by Gasteiger charge is 2.19. The first-order valence-corrected chi connectivity index (χ1v) is 8.30. The van der Waals surface area contributed by atoms with Crippen LogP contribution in [0.5, 0.6) is 0 Å². The Bertz CT molecular complexity index is 410. The van der Waals surface area contributed by atoms with Gasteiger partial charge in [0.05, 0.1) is 6.54 Å². The van der Waals surface area contributed by atoms with Gasteiger partial charge in [0, 0.05) is 22.6 Å². The van der Waals surface area contributed by atoms with Crippen LogP contribution in [0.4, 0.5) is 0 Å². The van der Waals surface area contributed by atoms with Crippen LogP contribution in [0.25, 0.3) is 0 Å². The fourth-order valence-electron chi connectivity index (χ4n) is 2.53. The van der Waals surface area contributed by atoms with Crippen LogP contribution in [0.3, 0.4) is 0 Å². The quantitative estimate of drug-likeness (QED) is 0.635. The van der Waals surface area contributed by atoms with Gasteiger partial charge in [0.2, 0.25) is 0 Å². The highest BCUT2D eigenvalue weighted by molar-refractivity contribution is 9.10. The molecule has 3 heteroatoms. The first-order valence-electron chi connectivity index (χ1n) is 7.50. The number of hydrogen-bond donors (Lipinski definition) is 0. The van der Waals surface area contributed by atoms with Crippen molar-refractivity contribution < 1.29 is 4.79 Å². The maximum atomic E-state index is 12.4. The molecule has 1 aromatic rings. The molecule has 0 radical (unpaired) electrons. The minimum Gasteiger partial charge on any atom is -0.293 e. The summed E-state index contributed by atoms with van der Waals surface area (Å²) in [6, 6.07) is 8.14. The van der Waals surface area contributed by atoms with Crippen molar-refractivity contribution in [1.29, 1.82) is 0 Å². The van der Waals surface area contributed by atoms with Crippen molar-refractivity contribution in [2.75, 3.05) is 13.1 Å². The predicted molar refractivity (Wildman–Crippen MR) is 89.3 cm³/mol. The summed E-state index contributed by atoms with van der Waals surface area (Å²) in [6.07, 6.45) is 2.19. The van der Waals surface area contributed by atoms with Gasteiger partial charge in [-0.25, -0.2) is 0 Å². The summed E-state index contributed by atoms with van der Waals surface area (Å²) < 4.78 is 1.01. The second kappa shape index (κ2) is 8.58. The van der Waals surface area contributed by atoms with Crippen LogP contribution >= 0.6 is 15.9 Å². The topological polar surface area (TPSA) is 20.3 Å². The molecular weight excluding hydrogens is 314 g/mol. The summed E-state index contributed by atoms with van der Waals surface area (Å²) in [7, 11) is 0. The number of rotatable bonds is 8. The smallest absolute Gasteiger partial charge is 0.176 e. The number of carbonyl (C=O) groups is 1. The van der Waals surface area contributed by atoms with E-state index in [0.717, 1.165) is 29.4 Å². The van der Waals surface area contributed by atoms with Gasteiger partial charge in [0.25, 0.3) is 0 Å². The molecule has 0 aliphatic heterocycles. The molecule has 0 aliphatic rings. The van der Waals surface area contributed by atoms with Crippen LogP contribution in [0.15, 0.2) is 28.7 Å². The number of carbonyl (C=O) groups excluding carboxylic acids is 1. The summed E-state index contributed by atoms with van der Waals surface area (Å²) in [5.41, 5.74) is 0.799. The summed E-state index contributed by atoms with van der Waals surface area (Å²) in [5, 5.41) is 0. The van der Waals surface area contributed by atoms with Crippen LogP contribution in [0, 0.1) is 5.92 Å². The molecule has 1 rings (SSSR count). The lowest BCUT2D eigenvalue weighted by Crippen LogP contribution is -2.40. The van der Waals surface area contributed by atoms with Gasteiger partial charge in [-0.2, -0.15) is 0 Å². The number of hydrogen-bond acceptors (Lipinski definition) is 2. The van der Waals surface area contributed by atoms with Crippen molar-refractivity contribution >= 4 is 21.7 Å². The lowest BCUT2D eigenvalue weighted by Gasteiger charge is -2.31.